The van der Waals surface area contributed by atoms with E-state index in [1.54, 1.807) is 6.07 Å². The van der Waals surface area contributed by atoms with Crippen molar-refractivity contribution in [3.05, 3.63) is 89.7 Å². The first-order valence-electron chi connectivity index (χ1n) is 7.41. The molecule has 0 aliphatic heterocycles. The molecule has 0 amide bonds. The third-order valence-electron chi connectivity index (χ3n) is 3.31. The van der Waals surface area contributed by atoms with Crippen molar-refractivity contribution in [2.45, 2.75) is 14.7 Å². The Morgan fingerprint density at radius 2 is 1.17 bits per heavy atom. The number of rotatable bonds is 5. The molecule has 0 heterocycles. The smallest absolute Gasteiger partial charge is 0.166 e. The van der Waals surface area contributed by atoms with Crippen LogP contribution in [0.3, 0.4) is 0 Å². The lowest BCUT2D eigenvalue weighted by Gasteiger charge is -2.21. The van der Waals surface area contributed by atoms with E-state index in [1.807, 2.05) is 54.6 Å². The zero-order valence-electron chi connectivity index (χ0n) is 13.2. The monoisotopic (exact) mass is 355 g/mol. The molecule has 0 aliphatic rings. The van der Waals surface area contributed by atoms with E-state index in [9.17, 15) is 8.42 Å². The van der Waals surface area contributed by atoms with Crippen LogP contribution in [0, 0.1) is 0 Å². The Morgan fingerprint density at radius 1 is 0.708 bits per heavy atom. The van der Waals surface area contributed by atoms with Gasteiger partial charge < -0.3 is 4.72 Å². The average Bonchev–Trinajstić information content (AvgIpc) is 2.57. The van der Waals surface area contributed by atoms with E-state index in [2.05, 4.69) is 29.0 Å². The highest BCUT2D eigenvalue weighted by Crippen LogP contribution is 2.39. The summed E-state index contributed by atoms with van der Waals surface area (Å²) in [6, 6.07) is 27.6. The standard InChI is InChI=1S/C19H17NO2S2/c1-24(21,22)20-18-14-8-9-15-19(18)23(16-10-4-2-5-11-16)17-12-6-3-7-13-17/h2-15H,1H3. The van der Waals surface area contributed by atoms with Crippen LogP contribution in [-0.2, 0) is 20.9 Å². The minimum atomic E-state index is -3.47. The molecule has 0 aromatic heterocycles. The molecule has 122 valence electrons. The van der Waals surface area contributed by atoms with Crippen LogP contribution in [0.25, 0.3) is 4.72 Å². The molecule has 0 aliphatic carbocycles. The van der Waals surface area contributed by atoms with Crippen molar-refractivity contribution in [1.29, 1.82) is 0 Å². The zero-order chi connectivity index (χ0) is 17.0. The van der Waals surface area contributed by atoms with Crippen LogP contribution >= 0.6 is 0 Å². The zero-order valence-corrected chi connectivity index (χ0v) is 14.8. The van der Waals surface area contributed by atoms with Gasteiger partial charge in [0.05, 0.1) is 20.9 Å². The van der Waals surface area contributed by atoms with Gasteiger partial charge in [0, 0.05) is 6.26 Å². The van der Waals surface area contributed by atoms with Crippen LogP contribution in [0.5, 0.6) is 0 Å². The molecule has 0 spiro atoms. The van der Waals surface area contributed by atoms with Gasteiger partial charge >= 0.3 is 0 Å². The van der Waals surface area contributed by atoms with Crippen molar-refractivity contribution in [2.75, 3.05) is 6.26 Å². The fraction of sp³-hybridized carbons (Fsp3) is 0.0526. The Labute approximate surface area is 145 Å². The Balaban J connectivity index is 2.18. The fourth-order valence-electron chi connectivity index (χ4n) is 2.39. The molecule has 3 rings (SSSR count). The van der Waals surface area contributed by atoms with Crippen molar-refractivity contribution in [3.8, 4) is 0 Å². The van der Waals surface area contributed by atoms with Gasteiger partial charge in [0.1, 0.15) is 0 Å². The van der Waals surface area contributed by atoms with Crippen molar-refractivity contribution < 1.29 is 8.42 Å². The van der Waals surface area contributed by atoms with E-state index in [0.29, 0.717) is 5.69 Å². The molecular weight excluding hydrogens is 338 g/mol. The lowest BCUT2D eigenvalue weighted by atomic mass is 10.3. The summed E-state index contributed by atoms with van der Waals surface area (Å²) >= 11 is 0. The van der Waals surface area contributed by atoms with Crippen molar-refractivity contribution in [3.63, 3.8) is 0 Å². The van der Waals surface area contributed by atoms with E-state index in [0.717, 1.165) is 20.9 Å². The Hall–Kier alpha value is -2.24. The van der Waals surface area contributed by atoms with Crippen LogP contribution < -0.4 is 0 Å². The summed E-state index contributed by atoms with van der Waals surface area (Å²) in [5.74, 6) is 0. The second-order valence-corrected chi connectivity index (χ2v) is 8.87. The summed E-state index contributed by atoms with van der Waals surface area (Å²) in [4.78, 5) is 3.15. The van der Waals surface area contributed by atoms with E-state index in [4.69, 9.17) is 0 Å². The third-order valence-corrected chi connectivity index (χ3v) is 6.11. The van der Waals surface area contributed by atoms with Crippen LogP contribution in [0.1, 0.15) is 0 Å². The van der Waals surface area contributed by atoms with Crippen molar-refractivity contribution in [2.24, 2.45) is 0 Å². The molecule has 0 atom stereocenters. The highest BCUT2D eigenvalue weighted by atomic mass is 32.2. The summed E-state index contributed by atoms with van der Waals surface area (Å²) in [7, 11) is -3.89. The maximum Gasteiger partial charge on any atom is 0.166 e. The van der Waals surface area contributed by atoms with Crippen LogP contribution in [-0.4, -0.2) is 14.7 Å². The number of benzene rings is 3. The molecule has 0 unspecified atom stereocenters. The Morgan fingerprint density at radius 3 is 1.67 bits per heavy atom. The maximum atomic E-state index is 11.7. The van der Waals surface area contributed by atoms with Gasteiger partial charge in [0.15, 0.2) is 14.7 Å². The number of hydrogen-bond acceptors (Lipinski definition) is 2. The normalized spacial score (nSPS) is 11.4. The minimum Gasteiger partial charge on any atom is -0.573 e. The van der Waals surface area contributed by atoms with Crippen molar-refractivity contribution in [1.82, 2.24) is 0 Å². The van der Waals surface area contributed by atoms with Crippen LogP contribution in [0.4, 0.5) is 5.69 Å². The topological polar surface area (TPSA) is 48.2 Å². The van der Waals surface area contributed by atoms with Gasteiger partial charge in [0.25, 0.3) is 0 Å². The van der Waals surface area contributed by atoms with Gasteiger partial charge in [0.2, 0.25) is 0 Å². The molecule has 0 saturated heterocycles. The Kier molecular flexibility index (Phi) is 4.92. The van der Waals surface area contributed by atoms with E-state index >= 15 is 0 Å². The number of nitrogens with zero attached hydrogens (tertiary/aromatic N) is 1. The molecule has 3 aromatic rings. The summed E-state index contributed by atoms with van der Waals surface area (Å²) in [6.45, 7) is 0. The number of sulfonamides is 1. The molecule has 0 N–H and O–H groups in total. The molecule has 0 saturated carbocycles. The van der Waals surface area contributed by atoms with Gasteiger partial charge in [-0.3, -0.25) is 0 Å². The van der Waals surface area contributed by atoms with Gasteiger partial charge in [-0.1, -0.05) is 60.3 Å². The SMILES string of the molecule is CS(=O)(=O)[N-]c1ccccc1[S+](c1ccccc1)c1ccccc1. The summed E-state index contributed by atoms with van der Waals surface area (Å²) < 4.78 is 27.3. The lowest BCUT2D eigenvalue weighted by molar-refractivity contribution is 0.608. The largest absolute Gasteiger partial charge is 0.573 e. The molecule has 24 heavy (non-hydrogen) atoms. The van der Waals surface area contributed by atoms with E-state index in [-0.39, 0.29) is 0 Å². The molecule has 0 bridgehead atoms. The molecule has 5 heteroatoms. The maximum absolute atomic E-state index is 11.7. The minimum absolute atomic E-state index is 0.419. The second-order valence-electron chi connectivity index (χ2n) is 5.22. The first kappa shape index (κ1) is 16.6. The van der Waals surface area contributed by atoms with Crippen LogP contribution in [0.15, 0.2) is 99.6 Å². The molecule has 0 radical (unpaired) electrons. The van der Waals surface area contributed by atoms with Gasteiger partial charge in [-0.25, -0.2) is 8.42 Å². The second kappa shape index (κ2) is 7.11. The van der Waals surface area contributed by atoms with E-state index < -0.39 is 20.9 Å². The molecule has 3 nitrogen and oxygen atoms in total. The summed E-state index contributed by atoms with van der Waals surface area (Å²) in [5.41, 5.74) is 0.496. The van der Waals surface area contributed by atoms with Crippen LogP contribution in [0.2, 0.25) is 0 Å². The third kappa shape index (κ3) is 3.99. The summed E-state index contributed by atoms with van der Waals surface area (Å²) in [5, 5.41) is 0. The lowest BCUT2D eigenvalue weighted by Crippen LogP contribution is -2.06. The first-order valence-corrected chi connectivity index (χ1v) is 10.5. The summed E-state index contributed by atoms with van der Waals surface area (Å²) in [6.07, 6.45) is 1.12. The Bertz CT molecular complexity index is 871. The van der Waals surface area contributed by atoms with Gasteiger partial charge in [-0.05, 0) is 30.3 Å². The highest BCUT2D eigenvalue weighted by molar-refractivity contribution is 7.97. The molecular formula is C19H17NO2S2. The fourth-order valence-corrected chi connectivity index (χ4v) is 5.14. The predicted molar refractivity (Wildman–Crippen MR) is 99.4 cm³/mol. The van der Waals surface area contributed by atoms with Crippen molar-refractivity contribution >= 4 is 26.6 Å². The average molecular weight is 355 g/mol. The first-order chi connectivity index (χ1) is 11.5. The molecule has 0 fully saturated rings. The predicted octanol–water partition coefficient (Wildman–Crippen LogP) is 4.75. The van der Waals surface area contributed by atoms with Gasteiger partial charge in [-0.15, -0.1) is 0 Å². The quantitative estimate of drug-likeness (QED) is 0.620. The molecule has 3 aromatic carbocycles. The van der Waals surface area contributed by atoms with Gasteiger partial charge in [-0.2, -0.15) is 0 Å². The highest BCUT2D eigenvalue weighted by Gasteiger charge is 2.28. The number of hydrogen-bond donors (Lipinski definition) is 0. The van der Waals surface area contributed by atoms with E-state index in [1.165, 1.54) is 0 Å².